The van der Waals surface area contributed by atoms with Gasteiger partial charge in [-0.25, -0.2) is 0 Å². The zero-order valence-corrected chi connectivity index (χ0v) is 9.97. The highest BCUT2D eigenvalue weighted by Gasteiger charge is 2.44. The quantitative estimate of drug-likeness (QED) is 0.358. The number of ether oxygens (including phenoxy) is 2. The van der Waals surface area contributed by atoms with Crippen LogP contribution in [0.3, 0.4) is 0 Å². The van der Waals surface area contributed by atoms with Gasteiger partial charge in [-0.15, -0.1) is 0 Å². The van der Waals surface area contributed by atoms with E-state index in [-0.39, 0.29) is 6.42 Å². The molecule has 0 radical (unpaired) electrons. The normalized spacial score (nSPS) is 38.4. The molecule has 6 N–H and O–H groups in total. The molecule has 8 heteroatoms. The highest BCUT2D eigenvalue weighted by atomic mass is 16.7. The molecule has 4 unspecified atom stereocenters. The molecule has 1 saturated heterocycles. The van der Waals surface area contributed by atoms with Crippen LogP contribution in [0.25, 0.3) is 0 Å². The van der Waals surface area contributed by atoms with Gasteiger partial charge in [-0.3, -0.25) is 4.79 Å². The lowest BCUT2D eigenvalue weighted by Gasteiger charge is -2.40. The van der Waals surface area contributed by atoms with Gasteiger partial charge in [0.25, 0.3) is 0 Å². The van der Waals surface area contributed by atoms with Crippen LogP contribution in [0.4, 0.5) is 0 Å². The molecule has 1 heterocycles. The number of primary amides is 1. The van der Waals surface area contributed by atoms with E-state index in [1.54, 1.807) is 6.92 Å². The molecule has 1 rings (SSSR count). The van der Waals surface area contributed by atoms with Crippen molar-refractivity contribution in [3.63, 3.8) is 0 Å². The third kappa shape index (κ3) is 3.61. The van der Waals surface area contributed by atoms with E-state index < -0.39 is 49.3 Å². The summed E-state index contributed by atoms with van der Waals surface area (Å²) in [5.74, 6) is -0.577. The minimum absolute atomic E-state index is 0.0744. The van der Waals surface area contributed by atoms with Crippen molar-refractivity contribution in [3.8, 4) is 0 Å². The maximum atomic E-state index is 10.7. The number of hydrogen-bond acceptors (Lipinski definition) is 7. The summed E-state index contributed by atoms with van der Waals surface area (Å²) < 4.78 is 10.3. The van der Waals surface area contributed by atoms with Crippen LogP contribution in [-0.4, -0.2) is 69.8 Å². The number of aliphatic hydroxyl groups is 4. The highest BCUT2D eigenvalue weighted by Crippen LogP contribution is 2.23. The molecule has 106 valence electrons. The molecule has 0 spiro atoms. The molecule has 0 aliphatic carbocycles. The minimum Gasteiger partial charge on any atom is -0.394 e. The van der Waals surface area contributed by atoms with E-state index in [0.29, 0.717) is 0 Å². The SMILES string of the molecule is CC(CC(N)=O)O[C@@H]1OC(CO)[C@@H](O)C(O)C1O. The van der Waals surface area contributed by atoms with Crippen LogP contribution in [-0.2, 0) is 14.3 Å². The molecule has 0 aromatic carbocycles. The first-order chi connectivity index (χ1) is 8.36. The van der Waals surface area contributed by atoms with Gasteiger partial charge in [-0.2, -0.15) is 0 Å². The molecule has 0 bridgehead atoms. The maximum Gasteiger partial charge on any atom is 0.220 e. The number of rotatable bonds is 5. The first-order valence-electron chi connectivity index (χ1n) is 5.61. The zero-order valence-electron chi connectivity index (χ0n) is 9.97. The van der Waals surface area contributed by atoms with Crippen molar-refractivity contribution in [2.75, 3.05) is 6.61 Å². The molecule has 1 aliphatic rings. The summed E-state index contributed by atoms with van der Waals surface area (Å²) >= 11 is 0. The number of nitrogens with two attached hydrogens (primary N) is 1. The van der Waals surface area contributed by atoms with E-state index in [2.05, 4.69) is 0 Å². The Labute approximate surface area is 104 Å². The summed E-state index contributed by atoms with van der Waals surface area (Å²) in [6, 6.07) is 0. The van der Waals surface area contributed by atoms with Gasteiger partial charge in [-0.05, 0) is 6.92 Å². The van der Waals surface area contributed by atoms with Crippen molar-refractivity contribution < 1.29 is 34.7 Å². The van der Waals surface area contributed by atoms with Crippen LogP contribution in [0, 0.1) is 0 Å². The molecule has 1 amide bonds. The number of hydrogen-bond donors (Lipinski definition) is 5. The molecular weight excluding hydrogens is 246 g/mol. The molecule has 0 saturated carbocycles. The number of carbonyl (C=O) groups excluding carboxylic acids is 1. The van der Waals surface area contributed by atoms with Gasteiger partial charge in [0.2, 0.25) is 5.91 Å². The Morgan fingerprint density at radius 1 is 1.33 bits per heavy atom. The fourth-order valence-electron chi connectivity index (χ4n) is 1.74. The first-order valence-corrected chi connectivity index (χ1v) is 5.61. The fourth-order valence-corrected chi connectivity index (χ4v) is 1.74. The van der Waals surface area contributed by atoms with E-state index in [4.69, 9.17) is 20.3 Å². The van der Waals surface area contributed by atoms with Crippen molar-refractivity contribution in [3.05, 3.63) is 0 Å². The van der Waals surface area contributed by atoms with Gasteiger partial charge in [0.05, 0.1) is 19.1 Å². The summed E-state index contributed by atoms with van der Waals surface area (Å²) in [5.41, 5.74) is 4.98. The van der Waals surface area contributed by atoms with E-state index >= 15 is 0 Å². The standard InChI is InChI=1S/C10H19NO7/c1-4(2-6(11)13)17-10-9(16)8(15)7(14)5(3-12)18-10/h4-5,7-10,12,14-16H,2-3H2,1H3,(H2,11,13)/t4?,5?,7-,8?,9?,10-/m1/s1. The third-order valence-corrected chi connectivity index (χ3v) is 2.70. The van der Waals surface area contributed by atoms with Crippen molar-refractivity contribution >= 4 is 5.91 Å². The third-order valence-electron chi connectivity index (χ3n) is 2.70. The summed E-state index contributed by atoms with van der Waals surface area (Å²) in [4.78, 5) is 10.7. The van der Waals surface area contributed by atoms with Gasteiger partial charge in [0.15, 0.2) is 6.29 Å². The number of carbonyl (C=O) groups is 1. The highest BCUT2D eigenvalue weighted by molar-refractivity contribution is 5.74. The van der Waals surface area contributed by atoms with Crippen molar-refractivity contribution in [2.45, 2.75) is 50.2 Å². The number of amides is 1. The summed E-state index contributed by atoms with van der Waals surface area (Å²) in [5, 5.41) is 37.6. The Morgan fingerprint density at radius 2 is 1.94 bits per heavy atom. The minimum atomic E-state index is -1.50. The topological polar surface area (TPSA) is 142 Å². The van der Waals surface area contributed by atoms with Gasteiger partial charge < -0.3 is 35.6 Å². The zero-order chi connectivity index (χ0) is 13.9. The van der Waals surface area contributed by atoms with Crippen molar-refractivity contribution in [2.24, 2.45) is 5.73 Å². The second-order valence-corrected chi connectivity index (χ2v) is 4.31. The van der Waals surface area contributed by atoms with Crippen molar-refractivity contribution in [1.29, 1.82) is 0 Å². The van der Waals surface area contributed by atoms with Crippen LogP contribution < -0.4 is 5.73 Å². The lowest BCUT2D eigenvalue weighted by molar-refractivity contribution is -0.309. The smallest absolute Gasteiger partial charge is 0.220 e. The van der Waals surface area contributed by atoms with E-state index in [1.165, 1.54) is 0 Å². The van der Waals surface area contributed by atoms with Gasteiger partial charge in [-0.1, -0.05) is 0 Å². The van der Waals surface area contributed by atoms with Crippen molar-refractivity contribution in [1.82, 2.24) is 0 Å². The van der Waals surface area contributed by atoms with Crippen LogP contribution in [0.5, 0.6) is 0 Å². The fraction of sp³-hybridized carbons (Fsp3) is 0.900. The Bertz CT molecular complexity index is 285. The first kappa shape index (κ1) is 15.3. The molecule has 0 aromatic heterocycles. The second-order valence-electron chi connectivity index (χ2n) is 4.31. The van der Waals surface area contributed by atoms with E-state index in [9.17, 15) is 20.1 Å². The second kappa shape index (κ2) is 6.41. The lowest BCUT2D eigenvalue weighted by atomic mass is 9.99. The van der Waals surface area contributed by atoms with E-state index in [0.717, 1.165) is 0 Å². The average molecular weight is 265 g/mol. The van der Waals surface area contributed by atoms with Gasteiger partial charge >= 0.3 is 0 Å². The summed E-state index contributed by atoms with van der Waals surface area (Å²) in [6.07, 6.45) is -7.38. The molecule has 6 atom stereocenters. The molecular formula is C10H19NO7. The van der Waals surface area contributed by atoms with Gasteiger partial charge in [0.1, 0.15) is 24.4 Å². The largest absolute Gasteiger partial charge is 0.394 e. The van der Waals surface area contributed by atoms with Crippen LogP contribution >= 0.6 is 0 Å². The van der Waals surface area contributed by atoms with Crippen LogP contribution in [0.2, 0.25) is 0 Å². The molecule has 8 nitrogen and oxygen atoms in total. The molecule has 1 aliphatic heterocycles. The Balaban J connectivity index is 2.61. The monoisotopic (exact) mass is 265 g/mol. The maximum absolute atomic E-state index is 10.7. The predicted molar refractivity (Wildman–Crippen MR) is 58.1 cm³/mol. The average Bonchev–Trinajstić information content (AvgIpc) is 2.29. The number of aliphatic hydroxyl groups excluding tert-OH is 4. The Hall–Kier alpha value is -0.770. The van der Waals surface area contributed by atoms with E-state index in [1.807, 2.05) is 0 Å². The Kier molecular flexibility index (Phi) is 5.45. The summed E-state index contributed by atoms with van der Waals surface area (Å²) in [6.45, 7) is 1.02. The molecule has 18 heavy (non-hydrogen) atoms. The lowest BCUT2D eigenvalue weighted by Crippen LogP contribution is -2.59. The van der Waals surface area contributed by atoms with Crippen LogP contribution in [0.15, 0.2) is 0 Å². The summed E-state index contributed by atoms with van der Waals surface area (Å²) in [7, 11) is 0. The molecule has 1 fully saturated rings. The Morgan fingerprint density at radius 3 is 2.44 bits per heavy atom. The molecule has 0 aromatic rings. The van der Waals surface area contributed by atoms with Gasteiger partial charge in [0, 0.05) is 0 Å². The van der Waals surface area contributed by atoms with Crippen LogP contribution in [0.1, 0.15) is 13.3 Å². The predicted octanol–water partition coefficient (Wildman–Crippen LogP) is -2.93.